The Morgan fingerprint density at radius 1 is 0.692 bits per heavy atom. The number of hydrogen-bond acceptors (Lipinski definition) is 3. The molecule has 0 radical (unpaired) electrons. The van der Waals surface area contributed by atoms with E-state index in [0.717, 1.165) is 12.8 Å². The van der Waals surface area contributed by atoms with E-state index < -0.39 is 12.5 Å². The van der Waals surface area contributed by atoms with Gasteiger partial charge in [0.05, 0.1) is 21.4 Å². The van der Waals surface area contributed by atoms with Crippen molar-refractivity contribution in [3.05, 3.63) is 108 Å². The SMILES string of the molecule is CC1=C(C)N(c2c(C)cc(C)cc2C)C(=C2C(=Cc3cccs3)C(Cl)CCC2(Cl)P(C2CCCCC2)C2CCCCC2)N1c1c(C)cc(C)cc1C. The van der Waals surface area contributed by atoms with Gasteiger partial charge in [-0.15, -0.1) is 34.5 Å². The summed E-state index contributed by atoms with van der Waals surface area (Å²) in [7, 11) is -0.567. The fourth-order valence-corrected chi connectivity index (χ4v) is 16.9. The normalized spacial score (nSPS) is 24.7. The molecule has 3 aliphatic carbocycles. The second-order valence-electron chi connectivity index (χ2n) is 16.4. The molecule has 3 aromatic rings. The predicted molar refractivity (Wildman–Crippen MR) is 232 cm³/mol. The van der Waals surface area contributed by atoms with Crippen LogP contribution in [0.5, 0.6) is 0 Å². The van der Waals surface area contributed by atoms with Crippen molar-refractivity contribution in [1.29, 1.82) is 0 Å². The summed E-state index contributed by atoms with van der Waals surface area (Å²) in [6.45, 7) is 18.3. The Labute approximate surface area is 330 Å². The van der Waals surface area contributed by atoms with E-state index in [1.165, 1.54) is 142 Å². The number of rotatable bonds is 6. The number of alkyl halides is 2. The fraction of sp³-hybridized carbons (Fsp3) is 0.522. The molecule has 0 N–H and O–H groups in total. The summed E-state index contributed by atoms with van der Waals surface area (Å²) in [5.74, 6) is 1.22. The third-order valence-electron chi connectivity index (χ3n) is 12.5. The van der Waals surface area contributed by atoms with Gasteiger partial charge in [-0.05, 0) is 151 Å². The molecule has 2 unspecified atom stereocenters. The van der Waals surface area contributed by atoms with Crippen LogP contribution in [0.15, 0.2) is 70.1 Å². The van der Waals surface area contributed by atoms with Crippen LogP contribution in [0.1, 0.15) is 129 Å². The number of anilines is 2. The van der Waals surface area contributed by atoms with Crippen molar-refractivity contribution < 1.29 is 0 Å². The van der Waals surface area contributed by atoms with E-state index in [0.29, 0.717) is 11.3 Å². The highest BCUT2D eigenvalue weighted by atomic mass is 35.5. The van der Waals surface area contributed by atoms with Crippen LogP contribution in [0.4, 0.5) is 11.4 Å². The van der Waals surface area contributed by atoms with Gasteiger partial charge in [0.1, 0.15) is 5.82 Å². The first kappa shape index (κ1) is 38.3. The van der Waals surface area contributed by atoms with E-state index >= 15 is 0 Å². The number of benzene rings is 2. The van der Waals surface area contributed by atoms with Gasteiger partial charge in [-0.25, -0.2) is 0 Å². The third kappa shape index (κ3) is 7.00. The number of hydrogen-bond donors (Lipinski definition) is 0. The van der Waals surface area contributed by atoms with Gasteiger partial charge in [0, 0.05) is 21.8 Å². The van der Waals surface area contributed by atoms with E-state index in [1.54, 1.807) is 11.3 Å². The molecule has 2 atom stereocenters. The zero-order valence-corrected chi connectivity index (χ0v) is 36.1. The average molecular weight is 774 g/mol. The molecule has 2 nitrogen and oxygen atoms in total. The van der Waals surface area contributed by atoms with Crippen LogP contribution < -0.4 is 9.80 Å². The van der Waals surface area contributed by atoms with Gasteiger partial charge < -0.3 is 0 Å². The molecular weight excluding hydrogens is 714 g/mol. The Morgan fingerprint density at radius 3 is 1.58 bits per heavy atom. The molecule has 0 spiro atoms. The number of thiophene rings is 1. The molecule has 1 aromatic heterocycles. The number of allylic oxidation sites excluding steroid dienone is 4. The van der Waals surface area contributed by atoms with Crippen molar-refractivity contribution in [3.8, 4) is 0 Å². The minimum Gasteiger partial charge on any atom is -0.298 e. The highest BCUT2D eigenvalue weighted by Crippen LogP contribution is 2.72. The van der Waals surface area contributed by atoms with Gasteiger partial charge in [-0.3, -0.25) is 9.80 Å². The summed E-state index contributed by atoms with van der Waals surface area (Å²) in [5.41, 5.74) is 16.8. The van der Waals surface area contributed by atoms with Gasteiger partial charge in [0.15, 0.2) is 0 Å². The van der Waals surface area contributed by atoms with E-state index in [2.05, 4.69) is 113 Å². The van der Waals surface area contributed by atoms with Crippen LogP contribution in [0.2, 0.25) is 0 Å². The lowest BCUT2D eigenvalue weighted by Crippen LogP contribution is -2.43. The molecule has 6 heteroatoms. The molecular formula is C46H59Cl2N2PS. The minimum atomic E-state index is -0.567. The average Bonchev–Trinajstić information content (AvgIpc) is 3.70. The topological polar surface area (TPSA) is 6.48 Å². The maximum atomic E-state index is 8.87. The van der Waals surface area contributed by atoms with Crippen LogP contribution in [-0.4, -0.2) is 21.3 Å². The standard InChI is InChI=1S/C46H59Cl2N2PS/c1-29-24-31(3)43(32(4)25-29)49-35(7)36(8)50(44-33(5)26-30(2)27-34(44)6)45(49)42-40(28-39-20-15-23-52-39)41(47)21-22-46(42,48)51(37-16-11-9-12-17-37)38-18-13-10-14-19-38/h15,20,23-28,37-38,41H,9-14,16-19,21-22H2,1-8H3. The van der Waals surface area contributed by atoms with Gasteiger partial charge in [0.2, 0.25) is 0 Å². The van der Waals surface area contributed by atoms with E-state index in [4.69, 9.17) is 23.2 Å². The largest absolute Gasteiger partial charge is 0.298 e. The summed E-state index contributed by atoms with van der Waals surface area (Å²) < 4.78 is -0.496. The molecule has 0 bridgehead atoms. The summed E-state index contributed by atoms with van der Waals surface area (Å²) >= 11 is 18.4. The maximum absolute atomic E-state index is 8.87. The lowest BCUT2D eigenvalue weighted by atomic mass is 9.86. The molecule has 52 heavy (non-hydrogen) atoms. The molecule has 0 saturated heterocycles. The highest BCUT2D eigenvalue weighted by Gasteiger charge is 2.54. The summed E-state index contributed by atoms with van der Waals surface area (Å²) in [6, 6.07) is 13.9. The molecule has 2 aromatic carbocycles. The Morgan fingerprint density at radius 2 is 1.15 bits per heavy atom. The van der Waals surface area contributed by atoms with Crippen LogP contribution in [-0.2, 0) is 0 Å². The number of halogens is 2. The first-order chi connectivity index (χ1) is 24.9. The van der Waals surface area contributed by atoms with Crippen molar-refractivity contribution in [2.45, 2.75) is 154 Å². The van der Waals surface area contributed by atoms with E-state index in [-0.39, 0.29) is 5.38 Å². The van der Waals surface area contributed by atoms with Crippen molar-refractivity contribution in [3.63, 3.8) is 0 Å². The zero-order valence-electron chi connectivity index (χ0n) is 32.8. The van der Waals surface area contributed by atoms with E-state index in [1.807, 2.05) is 0 Å². The van der Waals surface area contributed by atoms with E-state index in [9.17, 15) is 0 Å². The molecule has 2 heterocycles. The van der Waals surface area contributed by atoms with Crippen LogP contribution in [0.25, 0.3) is 6.08 Å². The zero-order chi connectivity index (χ0) is 36.9. The van der Waals surface area contributed by atoms with Crippen LogP contribution in [0.3, 0.4) is 0 Å². The van der Waals surface area contributed by atoms with Gasteiger partial charge >= 0.3 is 0 Å². The second kappa shape index (κ2) is 15.6. The second-order valence-corrected chi connectivity index (χ2v) is 21.9. The molecule has 278 valence electrons. The third-order valence-corrected chi connectivity index (χ3v) is 18.6. The van der Waals surface area contributed by atoms with Crippen molar-refractivity contribution >= 4 is 59.9 Å². The molecule has 1 aliphatic heterocycles. The van der Waals surface area contributed by atoms with Crippen molar-refractivity contribution in [1.82, 2.24) is 0 Å². The Bertz CT molecular complexity index is 1750. The van der Waals surface area contributed by atoms with Gasteiger partial charge in [-0.1, -0.05) is 87.9 Å². The fourth-order valence-electron chi connectivity index (χ4n) is 10.4. The molecule has 3 saturated carbocycles. The quantitative estimate of drug-likeness (QED) is 0.182. The molecule has 0 amide bonds. The number of nitrogens with zero attached hydrogens (tertiary/aromatic N) is 2. The van der Waals surface area contributed by atoms with Gasteiger partial charge in [0.25, 0.3) is 0 Å². The maximum Gasteiger partial charge on any atom is 0.128 e. The predicted octanol–water partition coefficient (Wildman–Crippen LogP) is 15.0. The van der Waals surface area contributed by atoms with Gasteiger partial charge in [-0.2, -0.15) is 0 Å². The highest BCUT2D eigenvalue weighted by molar-refractivity contribution is 7.63. The van der Waals surface area contributed by atoms with Crippen molar-refractivity contribution in [2.75, 3.05) is 9.80 Å². The minimum absolute atomic E-state index is 0.114. The summed E-state index contributed by atoms with van der Waals surface area (Å²) in [4.78, 5) is 6.50. The Kier molecular flexibility index (Phi) is 11.5. The molecule has 7 rings (SSSR count). The molecule has 4 aliphatic rings. The summed E-state index contributed by atoms with van der Waals surface area (Å²) in [5, 5.41) is 2.08. The van der Waals surface area contributed by atoms with Crippen molar-refractivity contribution in [2.24, 2.45) is 0 Å². The van der Waals surface area contributed by atoms with Crippen LogP contribution >= 0.6 is 42.5 Å². The number of aryl methyl sites for hydroxylation is 6. The Hall–Kier alpha value is -2.03. The summed E-state index contributed by atoms with van der Waals surface area (Å²) in [6.07, 6.45) is 17.7. The lowest BCUT2D eigenvalue weighted by molar-refractivity contribution is 0.476. The molecule has 3 fully saturated rings. The smallest absolute Gasteiger partial charge is 0.128 e. The van der Waals surface area contributed by atoms with Crippen LogP contribution in [0, 0.1) is 41.5 Å². The first-order valence-electron chi connectivity index (χ1n) is 20.0. The Balaban J connectivity index is 1.62. The lowest BCUT2D eigenvalue weighted by Gasteiger charge is -2.52. The monoisotopic (exact) mass is 772 g/mol. The first-order valence-corrected chi connectivity index (χ1v) is 23.1.